The number of rotatable bonds is 14. The van der Waals surface area contributed by atoms with Crippen LogP contribution in [0.15, 0.2) is 114 Å². The Balaban J connectivity index is 1.81. The Morgan fingerprint density at radius 1 is 0.848 bits per heavy atom. The molecule has 11 heteroatoms. The number of sulfonamides is 1. The summed E-state index contributed by atoms with van der Waals surface area (Å²) >= 11 is 0. The molecule has 240 valence electrons. The Morgan fingerprint density at radius 2 is 1.43 bits per heavy atom. The van der Waals surface area contributed by atoms with Crippen molar-refractivity contribution in [3.05, 3.63) is 136 Å². The number of non-ortho nitro benzene ring substituents is 1. The number of benzene rings is 4. The van der Waals surface area contributed by atoms with Gasteiger partial charge in [-0.3, -0.25) is 24.0 Å². The molecule has 0 aliphatic carbocycles. The predicted molar refractivity (Wildman–Crippen MR) is 178 cm³/mol. The van der Waals surface area contributed by atoms with Crippen molar-refractivity contribution in [3.8, 4) is 0 Å². The number of nitrogens with one attached hydrogen (secondary N) is 1. The fraction of sp³-hybridized carbons (Fsp3) is 0.257. The summed E-state index contributed by atoms with van der Waals surface area (Å²) in [6.45, 7) is 5.17. The number of carbonyl (C=O) groups excluding carboxylic acids is 2. The van der Waals surface area contributed by atoms with Crippen LogP contribution in [0.2, 0.25) is 0 Å². The van der Waals surface area contributed by atoms with Crippen molar-refractivity contribution < 1.29 is 22.9 Å². The van der Waals surface area contributed by atoms with Crippen LogP contribution < -0.4 is 9.62 Å². The van der Waals surface area contributed by atoms with E-state index in [0.717, 1.165) is 21.0 Å². The third-order valence-corrected chi connectivity index (χ3v) is 9.49. The van der Waals surface area contributed by atoms with Gasteiger partial charge in [-0.05, 0) is 55.7 Å². The molecule has 0 fully saturated rings. The summed E-state index contributed by atoms with van der Waals surface area (Å²) in [5, 5.41) is 14.3. The number of hydrogen-bond acceptors (Lipinski definition) is 6. The Hall–Kier alpha value is -5.03. The van der Waals surface area contributed by atoms with Crippen molar-refractivity contribution in [2.24, 2.45) is 0 Å². The molecule has 0 aliphatic rings. The fourth-order valence-electron chi connectivity index (χ4n) is 4.87. The van der Waals surface area contributed by atoms with Crippen LogP contribution in [0.25, 0.3) is 0 Å². The molecule has 2 amide bonds. The van der Waals surface area contributed by atoms with E-state index in [1.54, 1.807) is 18.2 Å². The first-order valence-corrected chi connectivity index (χ1v) is 16.4. The lowest BCUT2D eigenvalue weighted by atomic mass is 10.0. The number of nitro benzene ring substituents is 1. The summed E-state index contributed by atoms with van der Waals surface area (Å²) in [4.78, 5) is 40.5. The largest absolute Gasteiger partial charge is 0.352 e. The van der Waals surface area contributed by atoms with Crippen molar-refractivity contribution >= 4 is 33.2 Å². The van der Waals surface area contributed by atoms with Crippen LogP contribution in [0.5, 0.6) is 0 Å². The minimum absolute atomic E-state index is 0.0457. The summed E-state index contributed by atoms with van der Waals surface area (Å²) in [5.41, 5.74) is 2.47. The van der Waals surface area contributed by atoms with Gasteiger partial charge in [-0.15, -0.1) is 0 Å². The molecule has 46 heavy (non-hydrogen) atoms. The minimum atomic E-state index is -4.31. The molecule has 4 aromatic rings. The lowest BCUT2D eigenvalue weighted by Gasteiger charge is -2.34. The summed E-state index contributed by atoms with van der Waals surface area (Å²) in [7, 11) is -4.31. The molecular formula is C35H38N4O6S. The molecule has 0 aromatic heterocycles. The highest BCUT2D eigenvalue weighted by atomic mass is 32.2. The van der Waals surface area contributed by atoms with Gasteiger partial charge in [-0.25, -0.2) is 8.42 Å². The average molecular weight is 643 g/mol. The molecule has 4 rings (SSSR count). The summed E-state index contributed by atoms with van der Waals surface area (Å²) in [5.74, 6) is -0.967. The molecule has 0 saturated heterocycles. The average Bonchev–Trinajstić information content (AvgIpc) is 3.06. The highest BCUT2D eigenvalue weighted by molar-refractivity contribution is 7.92. The second-order valence-electron chi connectivity index (χ2n) is 11.1. The number of amides is 2. The number of anilines is 1. The molecule has 1 N–H and O–H groups in total. The zero-order valence-corrected chi connectivity index (χ0v) is 26.9. The SMILES string of the molecule is CC[C@@H](C)NC(=O)[C@H](Cc1ccccc1)N(Cc1ccc(C)cc1)C(=O)CN(c1ccc([N+](=O)[O-])cc1)S(=O)(=O)c1ccccc1. The standard InChI is InChI=1S/C35H38N4O6S/c1-4-27(3)36-35(41)33(23-28-11-7-5-8-12-28)37(24-29-17-15-26(2)16-18-29)34(40)25-38(30-19-21-31(22-20-30)39(42)43)46(44,45)32-13-9-6-10-14-32/h5-22,27,33H,4,23-25H2,1-3H3,(H,36,41)/t27-,33+/m1/s1. The Labute approximate surface area is 269 Å². The van der Waals surface area contributed by atoms with Crippen LogP contribution in [-0.4, -0.2) is 48.7 Å². The summed E-state index contributed by atoms with van der Waals surface area (Å²) < 4.78 is 29.0. The molecule has 0 saturated carbocycles. The van der Waals surface area contributed by atoms with Crippen molar-refractivity contribution in [1.82, 2.24) is 10.2 Å². The molecular weight excluding hydrogens is 604 g/mol. The van der Waals surface area contributed by atoms with Crippen molar-refractivity contribution in [1.29, 1.82) is 0 Å². The number of carbonyl (C=O) groups is 2. The number of nitro groups is 1. The Morgan fingerprint density at radius 3 is 2.00 bits per heavy atom. The van der Waals surface area contributed by atoms with E-state index in [2.05, 4.69) is 5.32 Å². The first-order chi connectivity index (χ1) is 22.0. The van der Waals surface area contributed by atoms with E-state index in [1.807, 2.05) is 75.4 Å². The van der Waals surface area contributed by atoms with Gasteiger partial charge in [-0.1, -0.05) is 85.3 Å². The first-order valence-electron chi connectivity index (χ1n) is 15.0. The van der Waals surface area contributed by atoms with Crippen molar-refractivity contribution in [3.63, 3.8) is 0 Å². The summed E-state index contributed by atoms with van der Waals surface area (Å²) in [6, 6.07) is 28.4. The first kappa shape index (κ1) is 33.9. The molecule has 0 radical (unpaired) electrons. The second kappa shape index (κ2) is 15.3. The molecule has 0 spiro atoms. The molecule has 0 heterocycles. The van der Waals surface area contributed by atoms with Crippen LogP contribution in [0.1, 0.15) is 37.0 Å². The van der Waals surface area contributed by atoms with Crippen LogP contribution >= 0.6 is 0 Å². The van der Waals surface area contributed by atoms with Gasteiger partial charge in [0.05, 0.1) is 15.5 Å². The van der Waals surface area contributed by atoms with E-state index < -0.39 is 33.4 Å². The van der Waals surface area contributed by atoms with Crippen LogP contribution in [0, 0.1) is 17.0 Å². The number of hydrogen-bond donors (Lipinski definition) is 1. The topological polar surface area (TPSA) is 130 Å². The van der Waals surface area contributed by atoms with Gasteiger partial charge in [0.15, 0.2) is 0 Å². The van der Waals surface area contributed by atoms with Crippen LogP contribution in [-0.2, 0) is 32.6 Å². The molecule has 10 nitrogen and oxygen atoms in total. The van der Waals surface area contributed by atoms with Crippen molar-refractivity contribution in [2.45, 2.75) is 57.1 Å². The maximum atomic E-state index is 14.5. The summed E-state index contributed by atoms with van der Waals surface area (Å²) in [6.07, 6.45) is 0.878. The van der Waals surface area contributed by atoms with Gasteiger partial charge in [0.25, 0.3) is 15.7 Å². The van der Waals surface area contributed by atoms with Crippen LogP contribution in [0.4, 0.5) is 11.4 Å². The maximum Gasteiger partial charge on any atom is 0.269 e. The van der Waals surface area contributed by atoms with Gasteiger partial charge < -0.3 is 10.2 Å². The predicted octanol–water partition coefficient (Wildman–Crippen LogP) is 5.65. The van der Waals surface area contributed by atoms with Gasteiger partial charge in [0.1, 0.15) is 12.6 Å². The minimum Gasteiger partial charge on any atom is -0.352 e. The normalized spacial score (nSPS) is 12.5. The lowest BCUT2D eigenvalue weighted by molar-refractivity contribution is -0.384. The monoisotopic (exact) mass is 642 g/mol. The van der Waals surface area contributed by atoms with E-state index in [4.69, 9.17) is 0 Å². The highest BCUT2D eigenvalue weighted by Crippen LogP contribution is 2.27. The zero-order chi connectivity index (χ0) is 33.3. The molecule has 0 aliphatic heterocycles. The highest BCUT2D eigenvalue weighted by Gasteiger charge is 2.35. The molecule has 0 bridgehead atoms. The Bertz CT molecular complexity index is 1730. The smallest absolute Gasteiger partial charge is 0.269 e. The second-order valence-corrected chi connectivity index (χ2v) is 13.0. The van der Waals surface area contributed by atoms with E-state index >= 15 is 0 Å². The van der Waals surface area contributed by atoms with E-state index in [1.165, 1.54) is 41.3 Å². The number of aryl methyl sites for hydroxylation is 1. The zero-order valence-electron chi connectivity index (χ0n) is 26.1. The van der Waals surface area contributed by atoms with E-state index in [9.17, 15) is 28.1 Å². The maximum absolute atomic E-state index is 14.5. The molecule has 2 atom stereocenters. The van der Waals surface area contributed by atoms with E-state index in [0.29, 0.717) is 6.42 Å². The Kier molecular flexibility index (Phi) is 11.3. The van der Waals surface area contributed by atoms with E-state index in [-0.39, 0.29) is 41.2 Å². The third kappa shape index (κ3) is 8.57. The third-order valence-electron chi connectivity index (χ3n) is 7.70. The van der Waals surface area contributed by atoms with Crippen LogP contribution in [0.3, 0.4) is 0 Å². The van der Waals surface area contributed by atoms with Gasteiger partial charge in [0.2, 0.25) is 11.8 Å². The van der Waals surface area contributed by atoms with Gasteiger partial charge in [0, 0.05) is 31.1 Å². The van der Waals surface area contributed by atoms with Gasteiger partial charge >= 0.3 is 0 Å². The molecule has 4 aromatic carbocycles. The fourth-order valence-corrected chi connectivity index (χ4v) is 6.31. The lowest BCUT2D eigenvalue weighted by Crippen LogP contribution is -2.54. The molecule has 0 unspecified atom stereocenters. The number of nitrogens with zero attached hydrogens (tertiary/aromatic N) is 3. The quantitative estimate of drug-likeness (QED) is 0.140. The van der Waals surface area contributed by atoms with Gasteiger partial charge in [-0.2, -0.15) is 0 Å². The van der Waals surface area contributed by atoms with Crippen molar-refractivity contribution in [2.75, 3.05) is 10.8 Å².